The van der Waals surface area contributed by atoms with Crippen LogP contribution in [-0.2, 0) is 4.79 Å². The fourth-order valence-electron chi connectivity index (χ4n) is 2.73. The topological polar surface area (TPSA) is 55.1 Å². The third kappa shape index (κ3) is 7.17. The first-order valence-corrected chi connectivity index (χ1v) is 7.34. The van der Waals surface area contributed by atoms with Crippen molar-refractivity contribution in [3.63, 3.8) is 0 Å². The average molecular weight is 291 g/mol. The SMILES string of the molecule is CC(C)(C)CCNC(=O)CC1(CN)CCCCC1.Cl. The monoisotopic (exact) mass is 290 g/mol. The highest BCUT2D eigenvalue weighted by molar-refractivity contribution is 5.85. The Morgan fingerprint density at radius 2 is 1.79 bits per heavy atom. The van der Waals surface area contributed by atoms with E-state index in [4.69, 9.17) is 5.73 Å². The van der Waals surface area contributed by atoms with E-state index < -0.39 is 0 Å². The molecule has 0 bridgehead atoms. The maximum Gasteiger partial charge on any atom is 0.220 e. The second-order valence-electron chi connectivity index (χ2n) is 7.10. The van der Waals surface area contributed by atoms with Crippen LogP contribution in [0.5, 0.6) is 0 Å². The van der Waals surface area contributed by atoms with Crippen molar-refractivity contribution in [2.45, 2.75) is 65.7 Å². The van der Waals surface area contributed by atoms with Crippen molar-refractivity contribution >= 4 is 18.3 Å². The van der Waals surface area contributed by atoms with E-state index in [9.17, 15) is 4.79 Å². The fraction of sp³-hybridized carbons (Fsp3) is 0.933. The third-order valence-electron chi connectivity index (χ3n) is 4.08. The van der Waals surface area contributed by atoms with Crippen molar-refractivity contribution in [3.8, 4) is 0 Å². The van der Waals surface area contributed by atoms with Crippen molar-refractivity contribution in [1.82, 2.24) is 5.32 Å². The minimum absolute atomic E-state index is 0. The second kappa shape index (κ2) is 8.11. The third-order valence-corrected chi connectivity index (χ3v) is 4.08. The molecule has 0 saturated heterocycles. The standard InChI is InChI=1S/C15H30N2O.ClH/c1-14(2,3)9-10-17-13(18)11-15(12-16)7-5-4-6-8-15;/h4-12,16H2,1-3H3,(H,17,18);1H. The molecule has 19 heavy (non-hydrogen) atoms. The van der Waals surface area contributed by atoms with Gasteiger partial charge >= 0.3 is 0 Å². The summed E-state index contributed by atoms with van der Waals surface area (Å²) in [5.41, 5.74) is 6.27. The highest BCUT2D eigenvalue weighted by Crippen LogP contribution is 2.38. The average Bonchev–Trinajstić information content (AvgIpc) is 2.28. The number of nitrogens with one attached hydrogen (secondary N) is 1. The van der Waals surface area contributed by atoms with Gasteiger partial charge in [-0.3, -0.25) is 4.79 Å². The van der Waals surface area contributed by atoms with Gasteiger partial charge in [0.1, 0.15) is 0 Å². The Morgan fingerprint density at radius 1 is 1.21 bits per heavy atom. The lowest BCUT2D eigenvalue weighted by Gasteiger charge is -2.35. The summed E-state index contributed by atoms with van der Waals surface area (Å²) < 4.78 is 0. The number of hydrogen-bond donors (Lipinski definition) is 2. The number of nitrogens with two attached hydrogens (primary N) is 1. The predicted octanol–water partition coefficient (Wildman–Crippen LogP) is 3.26. The zero-order valence-corrected chi connectivity index (χ0v) is 13.6. The summed E-state index contributed by atoms with van der Waals surface area (Å²) in [7, 11) is 0. The van der Waals surface area contributed by atoms with Gasteiger partial charge in [-0.05, 0) is 36.6 Å². The van der Waals surface area contributed by atoms with E-state index in [2.05, 4.69) is 26.1 Å². The quantitative estimate of drug-likeness (QED) is 0.816. The smallest absolute Gasteiger partial charge is 0.220 e. The zero-order chi connectivity index (χ0) is 13.6. The molecule has 1 aliphatic rings. The van der Waals surface area contributed by atoms with Gasteiger partial charge in [-0.2, -0.15) is 0 Å². The molecule has 114 valence electrons. The maximum atomic E-state index is 12.0. The van der Waals surface area contributed by atoms with Crippen LogP contribution in [0.25, 0.3) is 0 Å². The predicted molar refractivity (Wildman–Crippen MR) is 83.5 cm³/mol. The van der Waals surface area contributed by atoms with E-state index in [0.717, 1.165) is 25.8 Å². The molecule has 0 spiro atoms. The fourth-order valence-corrected chi connectivity index (χ4v) is 2.73. The van der Waals surface area contributed by atoms with Crippen molar-refractivity contribution in [2.24, 2.45) is 16.6 Å². The normalized spacial score (nSPS) is 18.5. The summed E-state index contributed by atoms with van der Waals surface area (Å²) in [6.45, 7) is 8.02. The van der Waals surface area contributed by atoms with E-state index in [0.29, 0.717) is 13.0 Å². The highest BCUT2D eigenvalue weighted by atomic mass is 35.5. The molecule has 0 radical (unpaired) electrons. The van der Waals surface area contributed by atoms with Crippen molar-refractivity contribution < 1.29 is 4.79 Å². The molecular formula is C15H31ClN2O. The molecule has 0 heterocycles. The molecule has 0 aromatic heterocycles. The first kappa shape index (κ1) is 18.7. The molecule has 1 fully saturated rings. The molecule has 1 rings (SSSR count). The number of carbonyl (C=O) groups is 1. The van der Waals surface area contributed by atoms with Gasteiger partial charge in [0.15, 0.2) is 0 Å². The maximum absolute atomic E-state index is 12.0. The Balaban J connectivity index is 0.00000324. The summed E-state index contributed by atoms with van der Waals surface area (Å²) in [5, 5.41) is 3.05. The molecule has 3 nitrogen and oxygen atoms in total. The summed E-state index contributed by atoms with van der Waals surface area (Å²) in [5.74, 6) is 0.187. The van der Waals surface area contributed by atoms with Gasteiger partial charge in [0.05, 0.1) is 0 Å². The van der Waals surface area contributed by atoms with Crippen LogP contribution < -0.4 is 11.1 Å². The van der Waals surface area contributed by atoms with E-state index in [1.54, 1.807) is 0 Å². The van der Waals surface area contributed by atoms with Crippen LogP contribution in [-0.4, -0.2) is 19.0 Å². The minimum atomic E-state index is 0. The lowest BCUT2D eigenvalue weighted by Crippen LogP contribution is -2.39. The van der Waals surface area contributed by atoms with Crippen LogP contribution in [0.15, 0.2) is 0 Å². The molecule has 0 aromatic carbocycles. The molecule has 0 aromatic rings. The Morgan fingerprint density at radius 3 is 2.26 bits per heavy atom. The molecule has 0 aliphatic heterocycles. The molecule has 4 heteroatoms. The van der Waals surface area contributed by atoms with Gasteiger partial charge in [0.25, 0.3) is 0 Å². The first-order valence-electron chi connectivity index (χ1n) is 7.34. The van der Waals surface area contributed by atoms with E-state index >= 15 is 0 Å². The molecule has 1 aliphatic carbocycles. The summed E-state index contributed by atoms with van der Waals surface area (Å²) in [4.78, 5) is 12.0. The number of rotatable bonds is 5. The highest BCUT2D eigenvalue weighted by Gasteiger charge is 2.32. The van der Waals surface area contributed by atoms with Gasteiger partial charge in [-0.15, -0.1) is 12.4 Å². The van der Waals surface area contributed by atoms with Gasteiger partial charge in [0.2, 0.25) is 5.91 Å². The Kier molecular flexibility index (Phi) is 7.99. The molecule has 0 unspecified atom stereocenters. The lowest BCUT2D eigenvalue weighted by atomic mass is 9.71. The van der Waals surface area contributed by atoms with Crippen molar-refractivity contribution in [1.29, 1.82) is 0 Å². The molecule has 1 amide bonds. The largest absolute Gasteiger partial charge is 0.356 e. The Hall–Kier alpha value is -0.280. The van der Waals surface area contributed by atoms with Crippen LogP contribution in [0, 0.1) is 10.8 Å². The summed E-state index contributed by atoms with van der Waals surface area (Å²) in [6, 6.07) is 0. The van der Waals surface area contributed by atoms with E-state index in [1.165, 1.54) is 19.3 Å². The second-order valence-corrected chi connectivity index (χ2v) is 7.10. The molecule has 0 atom stereocenters. The van der Waals surface area contributed by atoms with Crippen molar-refractivity contribution in [2.75, 3.05) is 13.1 Å². The van der Waals surface area contributed by atoms with Crippen LogP contribution in [0.3, 0.4) is 0 Å². The lowest BCUT2D eigenvalue weighted by molar-refractivity contribution is -0.123. The Bertz CT molecular complexity index is 268. The zero-order valence-electron chi connectivity index (χ0n) is 12.8. The van der Waals surface area contributed by atoms with Crippen LogP contribution in [0.4, 0.5) is 0 Å². The first-order chi connectivity index (χ1) is 8.37. The number of halogens is 1. The van der Waals surface area contributed by atoms with Crippen LogP contribution >= 0.6 is 12.4 Å². The van der Waals surface area contributed by atoms with Gasteiger partial charge in [-0.25, -0.2) is 0 Å². The number of amides is 1. The van der Waals surface area contributed by atoms with Gasteiger partial charge in [0, 0.05) is 13.0 Å². The number of carbonyl (C=O) groups excluding carboxylic acids is 1. The molecule has 1 saturated carbocycles. The van der Waals surface area contributed by atoms with E-state index in [1.807, 2.05) is 0 Å². The molecular weight excluding hydrogens is 260 g/mol. The van der Waals surface area contributed by atoms with Gasteiger partial charge < -0.3 is 11.1 Å². The van der Waals surface area contributed by atoms with Crippen LogP contribution in [0.2, 0.25) is 0 Å². The van der Waals surface area contributed by atoms with Gasteiger partial charge in [-0.1, -0.05) is 40.0 Å². The minimum Gasteiger partial charge on any atom is -0.356 e. The Labute approximate surface area is 124 Å². The van der Waals surface area contributed by atoms with E-state index in [-0.39, 0.29) is 29.1 Å². The molecule has 3 N–H and O–H groups in total. The number of hydrogen-bond acceptors (Lipinski definition) is 2. The summed E-state index contributed by atoms with van der Waals surface area (Å²) in [6.07, 6.45) is 7.64. The van der Waals surface area contributed by atoms with Crippen molar-refractivity contribution in [3.05, 3.63) is 0 Å². The van der Waals surface area contributed by atoms with Crippen LogP contribution in [0.1, 0.15) is 65.7 Å². The summed E-state index contributed by atoms with van der Waals surface area (Å²) >= 11 is 0.